The Labute approximate surface area is 144 Å². The second-order valence-corrected chi connectivity index (χ2v) is 6.21. The fourth-order valence-electron chi connectivity index (χ4n) is 1.99. The largest absolute Gasteiger partial charge is 0.435 e. The number of carbonyl (C=O) groups is 1. The molecule has 0 aliphatic carbocycles. The van der Waals surface area contributed by atoms with Gasteiger partial charge in [-0.3, -0.25) is 9.48 Å². The van der Waals surface area contributed by atoms with E-state index in [2.05, 4.69) is 20.1 Å². The van der Waals surface area contributed by atoms with Crippen LogP contribution in [0.5, 0.6) is 5.75 Å². The van der Waals surface area contributed by atoms with Crippen molar-refractivity contribution in [2.75, 3.05) is 5.32 Å². The molecule has 2 heterocycles. The average molecular weight is 373 g/mol. The van der Waals surface area contributed by atoms with E-state index >= 15 is 0 Å². The Morgan fingerprint density at radius 2 is 2.29 bits per heavy atom. The topological polar surface area (TPSA) is 69.0 Å². The first-order chi connectivity index (χ1) is 11.5. The van der Waals surface area contributed by atoms with Crippen molar-refractivity contribution < 1.29 is 18.3 Å². The van der Waals surface area contributed by atoms with Crippen LogP contribution in [-0.4, -0.2) is 27.3 Å². The highest BCUT2D eigenvalue weighted by Gasteiger charge is 2.11. The first-order valence-corrected chi connectivity index (χ1v) is 8.02. The minimum absolute atomic E-state index is 0.0505. The molecule has 0 saturated carbocycles. The number of nitrogens with zero attached hydrogens (tertiary/aromatic N) is 3. The third kappa shape index (κ3) is 4.18. The number of nitrogens with one attached hydrogen (secondary N) is 1. The summed E-state index contributed by atoms with van der Waals surface area (Å²) in [6.07, 6.45) is 3.32. The van der Waals surface area contributed by atoms with Crippen LogP contribution in [0.2, 0.25) is 5.02 Å². The van der Waals surface area contributed by atoms with E-state index in [1.54, 1.807) is 16.9 Å². The number of ether oxygens (including phenoxy) is 1. The van der Waals surface area contributed by atoms with Gasteiger partial charge in [0.1, 0.15) is 5.75 Å². The molecule has 2 aromatic heterocycles. The summed E-state index contributed by atoms with van der Waals surface area (Å²) in [7, 11) is 0. The summed E-state index contributed by atoms with van der Waals surface area (Å²) in [5.41, 5.74) is 0.593. The second-order valence-electron chi connectivity index (χ2n) is 4.75. The normalized spacial score (nSPS) is 11.2. The molecule has 6 nitrogen and oxygen atoms in total. The number of halogens is 3. The SMILES string of the molecule is O=C(CCn1cc(Cl)cn1)Nc1nc2ccc(OC(F)F)cc2s1. The third-order valence-corrected chi connectivity index (χ3v) is 4.13. The maximum Gasteiger partial charge on any atom is 0.387 e. The highest BCUT2D eigenvalue weighted by Crippen LogP contribution is 2.29. The Kier molecular flexibility index (Phi) is 4.91. The number of benzene rings is 1. The molecule has 0 radical (unpaired) electrons. The van der Waals surface area contributed by atoms with Crippen LogP contribution < -0.4 is 10.1 Å². The molecule has 1 N–H and O–H groups in total. The lowest BCUT2D eigenvalue weighted by molar-refractivity contribution is -0.116. The Balaban J connectivity index is 1.62. The molecule has 0 fully saturated rings. The predicted octanol–water partition coefficient (Wildman–Crippen LogP) is 3.78. The van der Waals surface area contributed by atoms with E-state index in [9.17, 15) is 13.6 Å². The second kappa shape index (κ2) is 7.10. The van der Waals surface area contributed by atoms with Crippen molar-refractivity contribution >= 4 is 44.2 Å². The van der Waals surface area contributed by atoms with Crippen molar-refractivity contribution in [3.8, 4) is 5.75 Å². The molecule has 3 rings (SSSR count). The molecule has 3 aromatic rings. The molecule has 24 heavy (non-hydrogen) atoms. The van der Waals surface area contributed by atoms with Crippen LogP contribution in [0.15, 0.2) is 30.6 Å². The minimum atomic E-state index is -2.88. The van der Waals surface area contributed by atoms with Crippen LogP contribution in [0, 0.1) is 0 Å². The molecule has 0 atom stereocenters. The Bertz CT molecular complexity index is 867. The number of hydrogen-bond acceptors (Lipinski definition) is 5. The lowest BCUT2D eigenvalue weighted by atomic mass is 10.3. The smallest absolute Gasteiger partial charge is 0.387 e. The molecule has 0 aliphatic rings. The predicted molar refractivity (Wildman–Crippen MR) is 86.7 cm³/mol. The van der Waals surface area contributed by atoms with E-state index in [-0.39, 0.29) is 18.1 Å². The van der Waals surface area contributed by atoms with E-state index in [1.807, 2.05) is 0 Å². The molecule has 1 amide bonds. The summed E-state index contributed by atoms with van der Waals surface area (Å²) in [5, 5.41) is 7.55. The Morgan fingerprint density at radius 3 is 3.00 bits per heavy atom. The molecular formula is C14H11ClF2N4O2S. The van der Waals surface area contributed by atoms with Crippen LogP contribution >= 0.6 is 22.9 Å². The van der Waals surface area contributed by atoms with Crippen molar-refractivity contribution in [3.63, 3.8) is 0 Å². The number of aryl methyl sites for hydroxylation is 1. The first-order valence-electron chi connectivity index (χ1n) is 6.83. The van der Waals surface area contributed by atoms with E-state index in [0.29, 0.717) is 26.9 Å². The molecule has 0 aliphatic heterocycles. The highest BCUT2D eigenvalue weighted by atomic mass is 35.5. The quantitative estimate of drug-likeness (QED) is 0.715. The standard InChI is InChI=1S/C14H11ClF2N4O2S/c15-8-6-18-21(7-8)4-3-12(22)20-14-19-10-2-1-9(23-13(16)17)5-11(10)24-14/h1-2,5-7,13H,3-4H2,(H,19,20,22). The van der Waals surface area contributed by atoms with Crippen molar-refractivity contribution in [3.05, 3.63) is 35.6 Å². The summed E-state index contributed by atoms with van der Waals surface area (Å²) in [6, 6.07) is 4.42. The molecule has 0 spiro atoms. The summed E-state index contributed by atoms with van der Waals surface area (Å²) in [4.78, 5) is 16.2. The number of amides is 1. The van der Waals surface area contributed by atoms with Gasteiger partial charge in [0.2, 0.25) is 5.91 Å². The number of aromatic nitrogens is 3. The van der Waals surface area contributed by atoms with Gasteiger partial charge in [-0.25, -0.2) is 4.98 Å². The number of anilines is 1. The van der Waals surface area contributed by atoms with Gasteiger partial charge < -0.3 is 10.1 Å². The number of fused-ring (bicyclic) bond motifs is 1. The third-order valence-electron chi connectivity index (χ3n) is 3.00. The van der Waals surface area contributed by atoms with Gasteiger partial charge in [0.05, 0.1) is 21.4 Å². The summed E-state index contributed by atoms with van der Waals surface area (Å²) in [6.45, 7) is -2.50. The highest BCUT2D eigenvalue weighted by molar-refractivity contribution is 7.22. The monoisotopic (exact) mass is 372 g/mol. The molecule has 126 valence electrons. The summed E-state index contributed by atoms with van der Waals surface area (Å²) in [5.74, 6) is -0.181. The Morgan fingerprint density at radius 1 is 1.46 bits per heavy atom. The summed E-state index contributed by atoms with van der Waals surface area (Å²) >= 11 is 6.93. The number of rotatable bonds is 6. The van der Waals surface area contributed by atoms with Gasteiger partial charge in [-0.15, -0.1) is 0 Å². The van der Waals surface area contributed by atoms with E-state index < -0.39 is 6.61 Å². The molecule has 1 aromatic carbocycles. The molecule has 0 unspecified atom stereocenters. The van der Waals surface area contributed by atoms with Crippen LogP contribution in [0.25, 0.3) is 10.2 Å². The van der Waals surface area contributed by atoms with Gasteiger partial charge in [0, 0.05) is 19.2 Å². The zero-order valence-electron chi connectivity index (χ0n) is 12.1. The maximum atomic E-state index is 12.2. The zero-order valence-corrected chi connectivity index (χ0v) is 13.7. The number of carbonyl (C=O) groups excluding carboxylic acids is 1. The van der Waals surface area contributed by atoms with Crippen LogP contribution in [0.3, 0.4) is 0 Å². The fraction of sp³-hybridized carbons (Fsp3) is 0.214. The van der Waals surface area contributed by atoms with Crippen LogP contribution in [0.4, 0.5) is 13.9 Å². The lowest BCUT2D eigenvalue weighted by Crippen LogP contribution is -2.14. The lowest BCUT2D eigenvalue weighted by Gasteiger charge is -2.02. The average Bonchev–Trinajstić information content (AvgIpc) is 3.09. The van der Waals surface area contributed by atoms with Crippen molar-refractivity contribution in [1.29, 1.82) is 0 Å². The van der Waals surface area contributed by atoms with E-state index in [1.165, 1.54) is 29.7 Å². The molecule has 0 saturated heterocycles. The van der Waals surface area contributed by atoms with Gasteiger partial charge >= 0.3 is 6.61 Å². The van der Waals surface area contributed by atoms with E-state index in [0.717, 1.165) is 0 Å². The fourth-order valence-corrected chi connectivity index (χ4v) is 3.06. The number of hydrogen-bond donors (Lipinski definition) is 1. The van der Waals surface area contributed by atoms with Gasteiger partial charge in [0.15, 0.2) is 5.13 Å². The van der Waals surface area contributed by atoms with Gasteiger partial charge in [-0.2, -0.15) is 13.9 Å². The zero-order chi connectivity index (χ0) is 17.1. The van der Waals surface area contributed by atoms with Gasteiger partial charge in [0.25, 0.3) is 0 Å². The number of alkyl halides is 2. The van der Waals surface area contributed by atoms with Crippen LogP contribution in [-0.2, 0) is 11.3 Å². The summed E-state index contributed by atoms with van der Waals surface area (Å²) < 4.78 is 31.0. The molecular weight excluding hydrogens is 362 g/mol. The number of thiazole rings is 1. The van der Waals surface area contributed by atoms with Crippen molar-refractivity contribution in [1.82, 2.24) is 14.8 Å². The minimum Gasteiger partial charge on any atom is -0.435 e. The van der Waals surface area contributed by atoms with Crippen molar-refractivity contribution in [2.45, 2.75) is 19.6 Å². The Hall–Kier alpha value is -2.26. The van der Waals surface area contributed by atoms with Gasteiger partial charge in [-0.05, 0) is 18.2 Å². The van der Waals surface area contributed by atoms with E-state index in [4.69, 9.17) is 11.6 Å². The van der Waals surface area contributed by atoms with Crippen LogP contribution in [0.1, 0.15) is 6.42 Å². The van der Waals surface area contributed by atoms with Gasteiger partial charge in [-0.1, -0.05) is 22.9 Å². The molecule has 0 bridgehead atoms. The maximum absolute atomic E-state index is 12.2. The first kappa shape index (κ1) is 16.6. The molecule has 10 heteroatoms. The van der Waals surface area contributed by atoms with Crippen molar-refractivity contribution in [2.24, 2.45) is 0 Å².